The van der Waals surface area contributed by atoms with Crippen LogP contribution in [0.2, 0.25) is 0 Å². The van der Waals surface area contributed by atoms with Gasteiger partial charge in [0.15, 0.2) is 0 Å². The summed E-state index contributed by atoms with van der Waals surface area (Å²) in [5.74, 6) is -0.380. The first-order valence-electron chi connectivity index (χ1n) is 4.27. The van der Waals surface area contributed by atoms with Gasteiger partial charge in [0.2, 0.25) is 0 Å². The Morgan fingerprint density at radius 3 is 2.00 bits per heavy atom. The summed E-state index contributed by atoms with van der Waals surface area (Å²) in [4.78, 5) is 24.6. The predicted molar refractivity (Wildman–Crippen MR) is 55.6 cm³/mol. The summed E-state index contributed by atoms with van der Waals surface area (Å²) >= 11 is 3.21. The van der Waals surface area contributed by atoms with Gasteiger partial charge in [0.05, 0.1) is 11.1 Å². The molecule has 3 nitrogen and oxygen atoms in total. The molecule has 0 bridgehead atoms. The Morgan fingerprint density at radius 2 is 1.57 bits per heavy atom. The molecule has 0 fully saturated rings. The molecule has 0 aliphatic carbocycles. The number of carbonyl (C=O) groups excluding carboxylic acids is 2. The Bertz CT molecular complexity index is 368. The smallest absolute Gasteiger partial charge is 0.261 e. The van der Waals surface area contributed by atoms with E-state index in [1.807, 2.05) is 0 Å². The fourth-order valence-corrected chi connectivity index (χ4v) is 1.88. The van der Waals surface area contributed by atoms with Gasteiger partial charge < -0.3 is 0 Å². The van der Waals surface area contributed by atoms with Gasteiger partial charge in [-0.15, -0.1) is 0 Å². The van der Waals surface area contributed by atoms with E-state index in [0.29, 0.717) is 23.0 Å². The Morgan fingerprint density at radius 1 is 1.07 bits per heavy atom. The van der Waals surface area contributed by atoms with E-state index >= 15 is 0 Å². The van der Waals surface area contributed by atoms with E-state index in [9.17, 15) is 9.59 Å². The van der Waals surface area contributed by atoms with Crippen LogP contribution in [0.25, 0.3) is 0 Å². The molecule has 0 radical (unpaired) electrons. The second-order valence-corrected chi connectivity index (χ2v) is 3.79. The molecule has 2 rings (SSSR count). The van der Waals surface area contributed by atoms with E-state index in [4.69, 9.17) is 0 Å². The van der Waals surface area contributed by atoms with Crippen LogP contribution in [0.3, 0.4) is 0 Å². The largest absolute Gasteiger partial charge is 0.273 e. The lowest BCUT2D eigenvalue weighted by Crippen LogP contribution is -2.31. The van der Waals surface area contributed by atoms with Gasteiger partial charge in [0.25, 0.3) is 11.8 Å². The summed E-state index contributed by atoms with van der Waals surface area (Å²) < 4.78 is 0. The van der Waals surface area contributed by atoms with E-state index in [1.54, 1.807) is 24.3 Å². The number of carbonyl (C=O) groups is 2. The first-order valence-corrected chi connectivity index (χ1v) is 5.39. The maximum Gasteiger partial charge on any atom is 0.261 e. The average molecular weight is 255 g/mol. The molecule has 4 heteroatoms. The molecular weight excluding hydrogens is 247 g/mol. The summed E-state index contributed by atoms with van der Waals surface area (Å²) in [7, 11) is 0. The molecule has 0 saturated heterocycles. The molecule has 2 amide bonds. The molecule has 1 aliphatic heterocycles. The van der Waals surface area contributed by atoms with Crippen LogP contribution >= 0.6 is 15.9 Å². The zero-order valence-electron chi connectivity index (χ0n) is 7.37. The van der Waals surface area contributed by atoms with E-state index in [0.717, 1.165) is 0 Å². The Labute approximate surface area is 89.8 Å². The zero-order chi connectivity index (χ0) is 10.1. The summed E-state index contributed by atoms with van der Waals surface area (Å²) in [6.07, 6.45) is 0. The molecule has 0 atom stereocenters. The van der Waals surface area contributed by atoms with Gasteiger partial charge in [-0.05, 0) is 12.1 Å². The van der Waals surface area contributed by atoms with Gasteiger partial charge in [-0.25, -0.2) is 0 Å². The number of fused-ring (bicyclic) bond motifs is 1. The van der Waals surface area contributed by atoms with Gasteiger partial charge >= 0.3 is 0 Å². The fraction of sp³-hybridized carbons (Fsp3) is 0.200. The highest BCUT2D eigenvalue weighted by atomic mass is 79.9. The minimum Gasteiger partial charge on any atom is -0.273 e. The zero-order valence-corrected chi connectivity index (χ0v) is 8.95. The number of benzene rings is 1. The third kappa shape index (κ3) is 1.26. The molecule has 1 aliphatic rings. The summed E-state index contributed by atoms with van der Waals surface area (Å²) in [5, 5.41) is 0.610. The average Bonchev–Trinajstić information content (AvgIpc) is 2.45. The van der Waals surface area contributed by atoms with Crippen LogP contribution in [0.5, 0.6) is 0 Å². The molecule has 1 aromatic carbocycles. The van der Waals surface area contributed by atoms with Crippen molar-refractivity contribution in [3.8, 4) is 0 Å². The first-order chi connectivity index (χ1) is 6.75. The van der Waals surface area contributed by atoms with Gasteiger partial charge in [0.1, 0.15) is 0 Å². The van der Waals surface area contributed by atoms with Crippen molar-refractivity contribution in [3.05, 3.63) is 35.4 Å². The van der Waals surface area contributed by atoms with Crippen molar-refractivity contribution >= 4 is 27.7 Å². The maximum absolute atomic E-state index is 11.7. The van der Waals surface area contributed by atoms with Crippen LogP contribution in [-0.2, 0) is 0 Å². The highest BCUT2D eigenvalue weighted by molar-refractivity contribution is 9.09. The molecule has 0 unspecified atom stereocenters. The predicted octanol–water partition coefficient (Wildman–Crippen LogP) is 1.68. The fourth-order valence-electron chi connectivity index (χ4n) is 1.53. The van der Waals surface area contributed by atoms with Crippen molar-refractivity contribution in [3.63, 3.8) is 0 Å². The topological polar surface area (TPSA) is 37.4 Å². The number of nitrogens with zero attached hydrogens (tertiary/aromatic N) is 1. The third-order valence-corrected chi connectivity index (χ3v) is 2.54. The van der Waals surface area contributed by atoms with E-state index in [1.165, 1.54) is 4.90 Å². The Kier molecular flexibility index (Phi) is 2.37. The number of alkyl halides is 1. The molecule has 1 heterocycles. The number of hydrogen-bond donors (Lipinski definition) is 0. The highest BCUT2D eigenvalue weighted by Gasteiger charge is 2.34. The lowest BCUT2D eigenvalue weighted by molar-refractivity contribution is 0.0665. The number of imide groups is 1. The third-order valence-electron chi connectivity index (χ3n) is 2.19. The van der Waals surface area contributed by atoms with Gasteiger partial charge in [0, 0.05) is 11.9 Å². The molecule has 0 spiro atoms. The quantitative estimate of drug-likeness (QED) is 0.458. The Hall–Kier alpha value is -1.16. The van der Waals surface area contributed by atoms with Crippen molar-refractivity contribution in [2.24, 2.45) is 0 Å². The lowest BCUT2D eigenvalue weighted by Gasteiger charge is -2.10. The number of amides is 2. The van der Waals surface area contributed by atoms with E-state index < -0.39 is 0 Å². The Balaban J connectivity index is 2.43. The SMILES string of the molecule is O=C1c2ccccc2C(=O)[15N]1CCBr. The van der Waals surface area contributed by atoms with Crippen LogP contribution in [0.1, 0.15) is 20.7 Å². The van der Waals surface area contributed by atoms with Crippen molar-refractivity contribution < 1.29 is 9.59 Å². The van der Waals surface area contributed by atoms with Crippen LogP contribution in [0, 0.1) is 0 Å². The minimum absolute atomic E-state index is 0.190. The van der Waals surface area contributed by atoms with E-state index in [-0.39, 0.29) is 11.8 Å². The van der Waals surface area contributed by atoms with Crippen LogP contribution in [0.15, 0.2) is 24.3 Å². The summed E-state index contributed by atoms with van der Waals surface area (Å²) in [6.45, 7) is 0.423. The lowest BCUT2D eigenvalue weighted by atomic mass is 10.1. The van der Waals surface area contributed by atoms with Gasteiger partial charge in [-0.3, -0.25) is 14.5 Å². The molecule has 0 aromatic heterocycles. The standard InChI is InChI=1S/C10H8BrNO2/c11-5-6-12-9(13)7-3-1-2-4-8(7)10(12)14/h1-4H,5-6H2/i12+1. The normalized spacial score (nSPS) is 14.8. The van der Waals surface area contributed by atoms with Gasteiger partial charge in [-0.2, -0.15) is 0 Å². The number of halogens is 1. The van der Waals surface area contributed by atoms with Crippen LogP contribution in [-0.4, -0.2) is 28.6 Å². The first kappa shape index (κ1) is 9.40. The minimum atomic E-state index is -0.190. The van der Waals surface area contributed by atoms with Crippen molar-refractivity contribution in [1.82, 2.24) is 4.90 Å². The summed E-state index contributed by atoms with van der Waals surface area (Å²) in [5.41, 5.74) is 1.02. The molecular formula is C10H8BrNO2. The summed E-state index contributed by atoms with van der Waals surface area (Å²) in [6, 6.07) is 6.90. The molecule has 0 N–H and O–H groups in total. The van der Waals surface area contributed by atoms with E-state index in [2.05, 4.69) is 15.9 Å². The number of rotatable bonds is 2. The van der Waals surface area contributed by atoms with Crippen LogP contribution in [0.4, 0.5) is 0 Å². The molecule has 0 saturated carbocycles. The monoisotopic (exact) mass is 254 g/mol. The second-order valence-electron chi connectivity index (χ2n) is 3.00. The van der Waals surface area contributed by atoms with Gasteiger partial charge in [-0.1, -0.05) is 28.1 Å². The molecule has 14 heavy (non-hydrogen) atoms. The van der Waals surface area contributed by atoms with Crippen molar-refractivity contribution in [2.75, 3.05) is 11.9 Å². The highest BCUT2D eigenvalue weighted by Crippen LogP contribution is 2.21. The van der Waals surface area contributed by atoms with Crippen LogP contribution < -0.4 is 0 Å². The molecule has 1 aromatic rings. The van der Waals surface area contributed by atoms with Crippen molar-refractivity contribution in [2.45, 2.75) is 0 Å². The van der Waals surface area contributed by atoms with Crippen molar-refractivity contribution in [1.29, 1.82) is 0 Å². The number of hydrogen-bond acceptors (Lipinski definition) is 2. The maximum atomic E-state index is 11.7. The molecule has 72 valence electrons. The second kappa shape index (κ2) is 3.53.